The van der Waals surface area contributed by atoms with Crippen molar-refractivity contribution in [1.29, 1.82) is 0 Å². The topological polar surface area (TPSA) is 83.1 Å². The predicted molar refractivity (Wildman–Crippen MR) is 92.5 cm³/mol. The summed E-state index contributed by atoms with van der Waals surface area (Å²) in [6.45, 7) is 2.43. The maximum Gasteiger partial charge on any atom is 0.248 e. The van der Waals surface area contributed by atoms with Crippen LogP contribution in [-0.2, 0) is 9.53 Å². The van der Waals surface area contributed by atoms with Crippen LogP contribution in [0.15, 0.2) is 17.6 Å². The van der Waals surface area contributed by atoms with Crippen LogP contribution in [0.1, 0.15) is 37.3 Å². The molecule has 0 saturated carbocycles. The molecule has 0 bridgehead atoms. The van der Waals surface area contributed by atoms with Gasteiger partial charge in [-0.05, 0) is 25.7 Å². The van der Waals surface area contributed by atoms with E-state index >= 15 is 0 Å². The molecule has 0 spiro atoms. The summed E-state index contributed by atoms with van der Waals surface area (Å²) in [5.41, 5.74) is 1.04. The summed E-state index contributed by atoms with van der Waals surface area (Å²) in [6, 6.07) is 1.76. The Morgan fingerprint density at radius 1 is 1.42 bits per heavy atom. The van der Waals surface area contributed by atoms with Crippen molar-refractivity contribution in [2.24, 2.45) is 0 Å². The maximum atomic E-state index is 12.7. The summed E-state index contributed by atoms with van der Waals surface area (Å²) < 4.78 is 5.52. The van der Waals surface area contributed by atoms with Crippen LogP contribution in [-0.4, -0.2) is 46.9 Å². The SMILES string of the molecule is O=C(Nc1cc([C@H]2CCCOC2)[nH]n1)[C@H]1CCCN1c1nccs1. The normalized spacial score (nSPS) is 24.2. The Morgan fingerprint density at radius 3 is 3.17 bits per heavy atom. The lowest BCUT2D eigenvalue weighted by molar-refractivity contribution is -0.117. The summed E-state index contributed by atoms with van der Waals surface area (Å²) in [4.78, 5) is 19.1. The third-order valence-electron chi connectivity index (χ3n) is 4.67. The Hall–Kier alpha value is -1.93. The number of hydrogen-bond acceptors (Lipinski definition) is 6. The Labute approximate surface area is 144 Å². The summed E-state index contributed by atoms with van der Waals surface area (Å²) >= 11 is 1.57. The van der Waals surface area contributed by atoms with Crippen molar-refractivity contribution >= 4 is 28.2 Å². The van der Waals surface area contributed by atoms with Crippen LogP contribution >= 0.6 is 11.3 Å². The maximum absolute atomic E-state index is 12.7. The average molecular weight is 347 g/mol. The lowest BCUT2D eigenvalue weighted by Gasteiger charge is -2.22. The fraction of sp³-hybridized carbons (Fsp3) is 0.562. The van der Waals surface area contributed by atoms with Crippen molar-refractivity contribution in [1.82, 2.24) is 15.2 Å². The van der Waals surface area contributed by atoms with Gasteiger partial charge >= 0.3 is 0 Å². The Morgan fingerprint density at radius 2 is 2.38 bits per heavy atom. The molecule has 8 heteroatoms. The second-order valence-corrected chi connectivity index (χ2v) is 7.15. The van der Waals surface area contributed by atoms with Gasteiger partial charge in [0.25, 0.3) is 0 Å². The van der Waals surface area contributed by atoms with Crippen LogP contribution in [0.4, 0.5) is 10.9 Å². The van der Waals surface area contributed by atoms with E-state index in [0.717, 1.165) is 56.3 Å². The molecule has 0 aromatic carbocycles. The van der Waals surface area contributed by atoms with E-state index in [1.54, 1.807) is 17.5 Å². The molecule has 2 atom stereocenters. The first-order chi connectivity index (χ1) is 11.8. The van der Waals surface area contributed by atoms with Gasteiger partial charge in [0.15, 0.2) is 10.9 Å². The van der Waals surface area contributed by atoms with Crippen LogP contribution in [0.25, 0.3) is 0 Å². The van der Waals surface area contributed by atoms with Gasteiger partial charge in [0.05, 0.1) is 6.61 Å². The second kappa shape index (κ2) is 6.90. The number of nitrogens with one attached hydrogen (secondary N) is 2. The predicted octanol–water partition coefficient (Wildman–Crippen LogP) is 2.37. The molecular formula is C16H21N5O2S. The van der Waals surface area contributed by atoms with Gasteiger partial charge < -0.3 is 15.0 Å². The Bertz CT molecular complexity index is 680. The number of rotatable bonds is 4. The molecule has 128 valence electrons. The molecule has 2 aromatic rings. The summed E-state index contributed by atoms with van der Waals surface area (Å²) in [6.07, 6.45) is 5.79. The van der Waals surface area contributed by atoms with Gasteiger partial charge in [-0.2, -0.15) is 5.10 Å². The van der Waals surface area contributed by atoms with Crippen molar-refractivity contribution in [3.05, 3.63) is 23.3 Å². The number of thiazole rings is 1. The van der Waals surface area contributed by atoms with Crippen molar-refractivity contribution in [2.45, 2.75) is 37.6 Å². The first-order valence-electron chi connectivity index (χ1n) is 8.41. The minimum absolute atomic E-state index is 0.0133. The number of carbonyl (C=O) groups excluding carboxylic acids is 1. The van der Waals surface area contributed by atoms with Gasteiger partial charge in [0.2, 0.25) is 5.91 Å². The summed E-state index contributed by atoms with van der Waals surface area (Å²) in [5, 5.41) is 13.1. The van der Waals surface area contributed by atoms with Crippen molar-refractivity contribution in [3.8, 4) is 0 Å². The number of anilines is 2. The smallest absolute Gasteiger partial charge is 0.248 e. The van der Waals surface area contributed by atoms with Crippen molar-refractivity contribution in [2.75, 3.05) is 30.0 Å². The lowest BCUT2D eigenvalue weighted by Crippen LogP contribution is -2.39. The number of aromatic amines is 1. The molecule has 2 aliphatic rings. The first kappa shape index (κ1) is 15.6. The monoisotopic (exact) mass is 347 g/mol. The first-order valence-corrected chi connectivity index (χ1v) is 9.29. The van der Waals surface area contributed by atoms with Gasteiger partial charge in [-0.15, -0.1) is 11.3 Å². The van der Waals surface area contributed by atoms with Crippen molar-refractivity contribution < 1.29 is 9.53 Å². The van der Waals surface area contributed by atoms with Crippen LogP contribution in [0, 0.1) is 0 Å². The van der Waals surface area contributed by atoms with Gasteiger partial charge in [-0.25, -0.2) is 4.98 Å². The summed E-state index contributed by atoms with van der Waals surface area (Å²) in [5.74, 6) is 0.919. The quantitative estimate of drug-likeness (QED) is 0.887. The fourth-order valence-corrected chi connectivity index (χ4v) is 4.15. The van der Waals surface area contributed by atoms with Gasteiger partial charge in [-0.1, -0.05) is 0 Å². The molecule has 24 heavy (non-hydrogen) atoms. The molecule has 1 amide bonds. The number of amides is 1. The van der Waals surface area contributed by atoms with E-state index in [4.69, 9.17) is 4.74 Å². The molecule has 0 aliphatic carbocycles. The number of H-pyrrole nitrogens is 1. The highest BCUT2D eigenvalue weighted by molar-refractivity contribution is 7.13. The van der Waals surface area contributed by atoms with Gasteiger partial charge in [-0.3, -0.25) is 9.89 Å². The zero-order valence-electron chi connectivity index (χ0n) is 13.4. The number of nitrogens with zero attached hydrogens (tertiary/aromatic N) is 3. The molecule has 2 aliphatic heterocycles. The molecule has 2 fully saturated rings. The third-order valence-corrected chi connectivity index (χ3v) is 5.48. The minimum Gasteiger partial charge on any atom is -0.381 e. The number of ether oxygens (including phenoxy) is 1. The van der Waals surface area contributed by atoms with E-state index in [2.05, 4.69) is 25.4 Å². The molecule has 2 N–H and O–H groups in total. The molecule has 4 heterocycles. The molecule has 0 unspecified atom stereocenters. The molecular weight excluding hydrogens is 326 g/mol. The average Bonchev–Trinajstić information content (AvgIpc) is 3.36. The zero-order chi connectivity index (χ0) is 16.4. The highest BCUT2D eigenvalue weighted by Gasteiger charge is 2.32. The van der Waals surface area contributed by atoms with E-state index in [-0.39, 0.29) is 11.9 Å². The molecule has 4 rings (SSSR count). The standard InChI is InChI=1S/C16H21N5O2S/c22-15(13-4-1-6-21(13)16-17-5-8-24-16)18-14-9-12(19-20-14)11-3-2-7-23-10-11/h5,8-9,11,13H,1-4,6-7,10H2,(H2,18,19,20,22)/t11-,13+/m0/s1. The van der Waals surface area contributed by atoms with Crippen LogP contribution in [0.2, 0.25) is 0 Å². The number of hydrogen-bond donors (Lipinski definition) is 2. The lowest BCUT2D eigenvalue weighted by atomic mass is 9.99. The fourth-order valence-electron chi connectivity index (χ4n) is 3.43. The third kappa shape index (κ3) is 3.16. The Kier molecular flexibility index (Phi) is 4.48. The minimum atomic E-state index is -0.172. The van der Waals surface area contributed by atoms with E-state index in [1.165, 1.54) is 0 Å². The van der Waals surface area contributed by atoms with Crippen molar-refractivity contribution in [3.63, 3.8) is 0 Å². The van der Waals surface area contributed by atoms with Crippen LogP contribution in [0.3, 0.4) is 0 Å². The van der Waals surface area contributed by atoms with E-state index < -0.39 is 0 Å². The van der Waals surface area contributed by atoms with E-state index in [0.29, 0.717) is 11.7 Å². The van der Waals surface area contributed by atoms with E-state index in [1.807, 2.05) is 11.4 Å². The van der Waals surface area contributed by atoms with E-state index in [9.17, 15) is 4.79 Å². The number of carbonyl (C=O) groups is 1. The zero-order valence-corrected chi connectivity index (χ0v) is 14.2. The number of aromatic nitrogens is 3. The molecule has 7 nitrogen and oxygen atoms in total. The highest BCUT2D eigenvalue weighted by Crippen LogP contribution is 2.29. The molecule has 0 radical (unpaired) electrons. The molecule has 2 saturated heterocycles. The van der Waals surface area contributed by atoms with Gasteiger partial charge in [0.1, 0.15) is 6.04 Å². The second-order valence-electron chi connectivity index (χ2n) is 6.28. The summed E-state index contributed by atoms with van der Waals surface area (Å²) in [7, 11) is 0. The van der Waals surface area contributed by atoms with Crippen LogP contribution < -0.4 is 10.2 Å². The molecule has 2 aromatic heterocycles. The highest BCUT2D eigenvalue weighted by atomic mass is 32.1. The van der Waals surface area contributed by atoms with Gasteiger partial charge in [0, 0.05) is 42.4 Å². The Balaban J connectivity index is 1.41. The largest absolute Gasteiger partial charge is 0.381 e. The van der Waals surface area contributed by atoms with Crippen LogP contribution in [0.5, 0.6) is 0 Å².